The monoisotopic (exact) mass is 320 g/mol. The van der Waals surface area contributed by atoms with Crippen molar-refractivity contribution < 1.29 is 23.4 Å². The molecule has 1 saturated heterocycles. The molecule has 0 spiro atoms. The van der Waals surface area contributed by atoms with E-state index in [4.69, 9.17) is 11.6 Å². The Morgan fingerprint density at radius 1 is 1.57 bits per heavy atom. The van der Waals surface area contributed by atoms with E-state index in [0.717, 1.165) is 0 Å². The Morgan fingerprint density at radius 3 is 2.95 bits per heavy atom. The Hall–Kier alpha value is -1.44. The SMILES string of the molecule is O=C(NCc1cc(Cl)ccc1OC(F)F)C1CC(O)CN1. The molecule has 0 radical (unpaired) electrons. The van der Waals surface area contributed by atoms with Crippen molar-refractivity contribution in [2.24, 2.45) is 0 Å². The first-order chi connectivity index (χ1) is 9.95. The number of hydrogen-bond acceptors (Lipinski definition) is 4. The molecule has 0 aliphatic carbocycles. The van der Waals surface area contributed by atoms with Crippen LogP contribution in [0.25, 0.3) is 0 Å². The van der Waals surface area contributed by atoms with E-state index >= 15 is 0 Å². The molecule has 1 aromatic carbocycles. The number of benzene rings is 1. The molecule has 0 bridgehead atoms. The summed E-state index contributed by atoms with van der Waals surface area (Å²) in [5, 5.41) is 15.2. The summed E-state index contributed by atoms with van der Waals surface area (Å²) in [5.41, 5.74) is 0.356. The minimum atomic E-state index is -2.95. The molecule has 2 rings (SSSR count). The summed E-state index contributed by atoms with van der Waals surface area (Å²) in [6.45, 7) is -2.59. The number of aliphatic hydroxyl groups excluding tert-OH is 1. The maximum Gasteiger partial charge on any atom is 0.387 e. The van der Waals surface area contributed by atoms with Crippen molar-refractivity contribution >= 4 is 17.5 Å². The fourth-order valence-corrected chi connectivity index (χ4v) is 2.31. The van der Waals surface area contributed by atoms with Gasteiger partial charge in [-0.3, -0.25) is 4.79 Å². The Bertz CT molecular complexity index is 516. The highest BCUT2D eigenvalue weighted by Crippen LogP contribution is 2.24. The number of carbonyl (C=O) groups is 1. The minimum absolute atomic E-state index is 0.00964. The molecule has 1 heterocycles. The van der Waals surface area contributed by atoms with E-state index in [1.807, 2.05) is 0 Å². The molecule has 0 aromatic heterocycles. The molecular weight excluding hydrogens is 306 g/mol. The second kappa shape index (κ2) is 7.02. The fraction of sp³-hybridized carbons (Fsp3) is 0.462. The minimum Gasteiger partial charge on any atom is -0.434 e. The lowest BCUT2D eigenvalue weighted by Gasteiger charge is -2.14. The standard InChI is InChI=1S/C13H15ClF2N2O3/c14-8-1-2-11(21-13(15)16)7(3-8)5-18-12(20)10-4-9(19)6-17-10/h1-3,9-10,13,17,19H,4-6H2,(H,18,20). The van der Waals surface area contributed by atoms with Crippen molar-refractivity contribution in [1.82, 2.24) is 10.6 Å². The van der Waals surface area contributed by atoms with Crippen molar-refractivity contribution in [1.29, 1.82) is 0 Å². The molecule has 5 nitrogen and oxygen atoms in total. The zero-order valence-corrected chi connectivity index (χ0v) is 11.7. The van der Waals surface area contributed by atoms with Crippen LogP contribution >= 0.6 is 11.6 Å². The summed E-state index contributed by atoms with van der Waals surface area (Å²) < 4.78 is 29.0. The zero-order valence-electron chi connectivity index (χ0n) is 11.0. The molecule has 2 atom stereocenters. The Morgan fingerprint density at radius 2 is 2.33 bits per heavy atom. The van der Waals surface area contributed by atoms with Gasteiger partial charge in [-0.05, 0) is 24.6 Å². The van der Waals surface area contributed by atoms with Gasteiger partial charge in [-0.15, -0.1) is 0 Å². The van der Waals surface area contributed by atoms with Crippen LogP contribution in [-0.4, -0.2) is 36.3 Å². The summed E-state index contributed by atoms with van der Waals surface area (Å²) in [5.74, 6) is -0.344. The number of aliphatic hydroxyl groups is 1. The Kier molecular flexibility index (Phi) is 5.33. The molecule has 1 amide bonds. The predicted octanol–water partition coefficient (Wildman–Crippen LogP) is 1.28. The van der Waals surface area contributed by atoms with E-state index in [1.165, 1.54) is 18.2 Å². The molecule has 116 valence electrons. The number of rotatable bonds is 5. The van der Waals surface area contributed by atoms with Crippen molar-refractivity contribution in [2.75, 3.05) is 6.54 Å². The van der Waals surface area contributed by atoms with Crippen molar-refractivity contribution in [2.45, 2.75) is 31.7 Å². The lowest BCUT2D eigenvalue weighted by molar-refractivity contribution is -0.123. The van der Waals surface area contributed by atoms with Crippen LogP contribution in [0.2, 0.25) is 5.02 Å². The third kappa shape index (κ3) is 4.52. The van der Waals surface area contributed by atoms with Gasteiger partial charge in [0.25, 0.3) is 0 Å². The summed E-state index contributed by atoms with van der Waals surface area (Å²) in [6, 6.07) is 3.72. The number of halogens is 3. The van der Waals surface area contributed by atoms with Crippen LogP contribution in [0.1, 0.15) is 12.0 Å². The average Bonchev–Trinajstić information content (AvgIpc) is 2.85. The molecule has 8 heteroatoms. The predicted molar refractivity (Wildman–Crippen MR) is 72.3 cm³/mol. The summed E-state index contributed by atoms with van der Waals surface area (Å²) in [4.78, 5) is 11.9. The van der Waals surface area contributed by atoms with Crippen molar-refractivity contribution in [3.8, 4) is 5.75 Å². The van der Waals surface area contributed by atoms with Gasteiger partial charge in [-0.1, -0.05) is 11.6 Å². The second-order valence-corrected chi connectivity index (χ2v) is 5.14. The lowest BCUT2D eigenvalue weighted by atomic mass is 10.1. The molecule has 1 aliphatic heterocycles. The van der Waals surface area contributed by atoms with E-state index in [2.05, 4.69) is 15.4 Å². The van der Waals surface area contributed by atoms with Crippen molar-refractivity contribution in [3.05, 3.63) is 28.8 Å². The van der Waals surface area contributed by atoms with E-state index in [1.54, 1.807) is 0 Å². The van der Waals surface area contributed by atoms with Crippen LogP contribution in [0, 0.1) is 0 Å². The maximum absolute atomic E-state index is 12.3. The van der Waals surface area contributed by atoms with Gasteiger partial charge in [-0.2, -0.15) is 8.78 Å². The largest absolute Gasteiger partial charge is 0.434 e. The number of carbonyl (C=O) groups excluding carboxylic acids is 1. The van der Waals surface area contributed by atoms with Gasteiger partial charge in [0.15, 0.2) is 0 Å². The quantitative estimate of drug-likeness (QED) is 0.764. The number of ether oxygens (including phenoxy) is 1. The van der Waals surface area contributed by atoms with E-state index in [9.17, 15) is 18.7 Å². The highest BCUT2D eigenvalue weighted by molar-refractivity contribution is 6.30. The van der Waals surface area contributed by atoms with Crippen LogP contribution in [0.4, 0.5) is 8.78 Å². The molecule has 0 saturated carbocycles. The normalized spacial score (nSPS) is 21.6. The third-order valence-corrected chi connectivity index (χ3v) is 3.35. The molecule has 21 heavy (non-hydrogen) atoms. The topological polar surface area (TPSA) is 70.6 Å². The highest BCUT2D eigenvalue weighted by Gasteiger charge is 2.27. The summed E-state index contributed by atoms with van der Waals surface area (Å²) in [7, 11) is 0. The van der Waals surface area contributed by atoms with E-state index in [-0.39, 0.29) is 18.2 Å². The van der Waals surface area contributed by atoms with Gasteiger partial charge in [0.1, 0.15) is 5.75 Å². The van der Waals surface area contributed by atoms with Gasteiger partial charge in [0.2, 0.25) is 5.91 Å². The van der Waals surface area contributed by atoms with Gasteiger partial charge >= 0.3 is 6.61 Å². The first-order valence-electron chi connectivity index (χ1n) is 6.38. The first kappa shape index (κ1) is 15.9. The molecular formula is C13H15ClF2N2O3. The number of hydrogen-bond donors (Lipinski definition) is 3. The summed E-state index contributed by atoms with van der Waals surface area (Å²) >= 11 is 5.81. The fourth-order valence-electron chi connectivity index (χ4n) is 2.12. The molecule has 2 unspecified atom stereocenters. The Balaban J connectivity index is 1.98. The average molecular weight is 321 g/mol. The molecule has 3 N–H and O–H groups in total. The van der Waals surface area contributed by atoms with Crippen LogP contribution in [-0.2, 0) is 11.3 Å². The molecule has 1 fully saturated rings. The van der Waals surface area contributed by atoms with E-state index < -0.39 is 18.8 Å². The number of β-amino-alcohol motifs (C(OH)–C–C–N with tert-alkyl or cyclic N) is 1. The third-order valence-electron chi connectivity index (χ3n) is 3.12. The van der Waals surface area contributed by atoms with Gasteiger partial charge in [0.05, 0.1) is 12.1 Å². The molecule has 1 aliphatic rings. The Labute approximate surface area is 125 Å². The number of nitrogens with one attached hydrogen (secondary N) is 2. The highest BCUT2D eigenvalue weighted by atomic mass is 35.5. The second-order valence-electron chi connectivity index (χ2n) is 4.70. The van der Waals surface area contributed by atoms with Crippen LogP contribution in [0.5, 0.6) is 5.75 Å². The van der Waals surface area contributed by atoms with Gasteiger partial charge in [0, 0.05) is 23.7 Å². The van der Waals surface area contributed by atoms with Gasteiger partial charge in [-0.25, -0.2) is 0 Å². The first-order valence-corrected chi connectivity index (χ1v) is 6.76. The molecule has 1 aromatic rings. The van der Waals surface area contributed by atoms with Crippen molar-refractivity contribution in [3.63, 3.8) is 0 Å². The van der Waals surface area contributed by atoms with Crippen LogP contribution in [0.15, 0.2) is 18.2 Å². The zero-order chi connectivity index (χ0) is 15.4. The van der Waals surface area contributed by atoms with Gasteiger partial charge < -0.3 is 20.5 Å². The number of amides is 1. The van der Waals surface area contributed by atoms with Crippen LogP contribution in [0.3, 0.4) is 0 Å². The van der Waals surface area contributed by atoms with Crippen LogP contribution < -0.4 is 15.4 Å². The summed E-state index contributed by atoms with van der Waals surface area (Å²) in [6.07, 6.45) is -0.230. The smallest absolute Gasteiger partial charge is 0.387 e. The maximum atomic E-state index is 12.3. The van der Waals surface area contributed by atoms with E-state index in [0.29, 0.717) is 23.6 Å². The number of alkyl halides is 2. The lowest BCUT2D eigenvalue weighted by Crippen LogP contribution is -2.40.